The Bertz CT molecular complexity index is 192. The zero-order valence-corrected chi connectivity index (χ0v) is 7.25. The first-order chi connectivity index (χ1) is 5.63. The molecule has 0 aromatic carbocycles. The van der Waals surface area contributed by atoms with Crippen molar-refractivity contribution in [2.24, 2.45) is 11.8 Å². The van der Waals surface area contributed by atoms with Crippen LogP contribution in [0.15, 0.2) is 0 Å². The van der Waals surface area contributed by atoms with Crippen LogP contribution in [-0.4, -0.2) is 16.9 Å². The smallest absolute Gasteiger partial charge is 0.450 e. The van der Waals surface area contributed by atoms with Gasteiger partial charge in [-0.05, 0) is 44.4 Å². The summed E-state index contributed by atoms with van der Waals surface area (Å²) in [6.45, 7) is 1.95. The molecule has 2 aliphatic rings. The van der Waals surface area contributed by atoms with Gasteiger partial charge < -0.3 is 9.84 Å². The second-order valence-corrected chi connectivity index (χ2v) is 4.10. The van der Waals surface area contributed by atoms with E-state index in [0.717, 1.165) is 25.7 Å². The zero-order chi connectivity index (χ0) is 8.77. The third kappa shape index (κ3) is 0.919. The standard InChI is InChI=1S/C9H14O3/c1-9(12-8(10)11)6-2-3-7(9)5-4-6/h6-7H,2-5H2,1H3,(H,10,11). The van der Waals surface area contributed by atoms with Crippen LogP contribution >= 0.6 is 0 Å². The molecule has 2 aliphatic carbocycles. The predicted octanol–water partition coefficient (Wildman–Crippen LogP) is 2.26. The number of carboxylic acid groups (broad SMARTS) is 1. The van der Waals surface area contributed by atoms with Gasteiger partial charge in [0.25, 0.3) is 0 Å². The summed E-state index contributed by atoms with van der Waals surface area (Å²) in [5, 5.41) is 8.58. The summed E-state index contributed by atoms with van der Waals surface area (Å²) >= 11 is 0. The van der Waals surface area contributed by atoms with Crippen LogP contribution < -0.4 is 0 Å². The number of carbonyl (C=O) groups is 1. The van der Waals surface area contributed by atoms with Crippen LogP contribution in [0, 0.1) is 11.8 Å². The number of hydrogen-bond donors (Lipinski definition) is 1. The van der Waals surface area contributed by atoms with E-state index in [1.54, 1.807) is 0 Å². The molecule has 0 aromatic rings. The van der Waals surface area contributed by atoms with E-state index in [-0.39, 0.29) is 5.60 Å². The molecule has 68 valence electrons. The van der Waals surface area contributed by atoms with Crippen molar-refractivity contribution < 1.29 is 14.6 Å². The molecule has 0 unspecified atom stereocenters. The van der Waals surface area contributed by atoms with Crippen LogP contribution in [0.25, 0.3) is 0 Å². The lowest BCUT2D eigenvalue weighted by Gasteiger charge is -2.27. The maximum absolute atomic E-state index is 10.5. The van der Waals surface area contributed by atoms with Crippen LogP contribution in [0.3, 0.4) is 0 Å². The molecule has 2 saturated carbocycles. The molecule has 3 nitrogen and oxygen atoms in total. The van der Waals surface area contributed by atoms with Gasteiger partial charge in [0.15, 0.2) is 0 Å². The molecule has 2 bridgehead atoms. The normalized spacial score (nSPS) is 44.8. The lowest BCUT2D eigenvalue weighted by atomic mass is 9.94. The third-order valence-electron chi connectivity index (χ3n) is 3.66. The van der Waals surface area contributed by atoms with Crippen LogP contribution in [-0.2, 0) is 4.74 Å². The largest absolute Gasteiger partial charge is 0.506 e. The van der Waals surface area contributed by atoms with Crippen molar-refractivity contribution in [3.8, 4) is 0 Å². The highest BCUT2D eigenvalue weighted by atomic mass is 16.7. The van der Waals surface area contributed by atoms with Gasteiger partial charge in [0.1, 0.15) is 5.60 Å². The highest BCUT2D eigenvalue weighted by molar-refractivity contribution is 5.57. The fourth-order valence-electron chi connectivity index (χ4n) is 2.93. The first-order valence-corrected chi connectivity index (χ1v) is 4.55. The molecule has 12 heavy (non-hydrogen) atoms. The van der Waals surface area contributed by atoms with Gasteiger partial charge in [-0.25, -0.2) is 4.79 Å². The molecule has 0 amide bonds. The van der Waals surface area contributed by atoms with E-state index < -0.39 is 6.16 Å². The van der Waals surface area contributed by atoms with Crippen molar-refractivity contribution in [3.63, 3.8) is 0 Å². The minimum atomic E-state index is -1.11. The van der Waals surface area contributed by atoms with Gasteiger partial charge in [0, 0.05) is 0 Å². The van der Waals surface area contributed by atoms with Crippen LogP contribution in [0.4, 0.5) is 4.79 Å². The highest BCUT2D eigenvalue weighted by Gasteiger charge is 2.54. The summed E-state index contributed by atoms with van der Waals surface area (Å²) in [5.41, 5.74) is -0.355. The van der Waals surface area contributed by atoms with Crippen molar-refractivity contribution in [1.29, 1.82) is 0 Å². The van der Waals surface area contributed by atoms with Crippen LogP contribution in [0.2, 0.25) is 0 Å². The second-order valence-electron chi connectivity index (χ2n) is 4.10. The Morgan fingerprint density at radius 3 is 2.08 bits per heavy atom. The lowest BCUT2D eigenvalue weighted by Crippen LogP contribution is -2.36. The zero-order valence-electron chi connectivity index (χ0n) is 7.25. The fraction of sp³-hybridized carbons (Fsp3) is 0.889. The maximum Gasteiger partial charge on any atom is 0.506 e. The lowest BCUT2D eigenvalue weighted by molar-refractivity contribution is -0.0361. The van der Waals surface area contributed by atoms with Gasteiger partial charge in [-0.1, -0.05) is 0 Å². The molecular weight excluding hydrogens is 156 g/mol. The molecule has 0 heterocycles. The van der Waals surface area contributed by atoms with E-state index in [2.05, 4.69) is 0 Å². The van der Waals surface area contributed by atoms with Gasteiger partial charge in [0.05, 0.1) is 0 Å². The summed E-state index contributed by atoms with van der Waals surface area (Å²) in [7, 11) is 0. The van der Waals surface area contributed by atoms with E-state index in [0.29, 0.717) is 11.8 Å². The molecular formula is C9H14O3. The first-order valence-electron chi connectivity index (χ1n) is 4.55. The average molecular weight is 170 g/mol. The van der Waals surface area contributed by atoms with Gasteiger partial charge >= 0.3 is 6.16 Å². The van der Waals surface area contributed by atoms with Crippen molar-refractivity contribution in [3.05, 3.63) is 0 Å². The van der Waals surface area contributed by atoms with Crippen molar-refractivity contribution in [2.75, 3.05) is 0 Å². The quantitative estimate of drug-likeness (QED) is 0.614. The van der Waals surface area contributed by atoms with E-state index in [9.17, 15) is 4.79 Å². The van der Waals surface area contributed by atoms with Crippen LogP contribution in [0.1, 0.15) is 32.6 Å². The van der Waals surface area contributed by atoms with Crippen LogP contribution in [0.5, 0.6) is 0 Å². The number of hydrogen-bond acceptors (Lipinski definition) is 2. The number of rotatable bonds is 1. The van der Waals surface area contributed by atoms with E-state index in [4.69, 9.17) is 9.84 Å². The summed E-state index contributed by atoms with van der Waals surface area (Å²) in [6, 6.07) is 0. The molecule has 2 fully saturated rings. The van der Waals surface area contributed by atoms with E-state index in [1.165, 1.54) is 0 Å². The predicted molar refractivity (Wildman–Crippen MR) is 43.0 cm³/mol. The number of fused-ring (bicyclic) bond motifs is 2. The topological polar surface area (TPSA) is 46.5 Å². The molecule has 1 N–H and O–H groups in total. The van der Waals surface area contributed by atoms with Gasteiger partial charge in [0.2, 0.25) is 0 Å². The minimum Gasteiger partial charge on any atom is -0.450 e. The second kappa shape index (κ2) is 2.38. The molecule has 0 atom stereocenters. The number of ether oxygens (including phenoxy) is 1. The Morgan fingerprint density at radius 2 is 1.75 bits per heavy atom. The van der Waals surface area contributed by atoms with Crippen molar-refractivity contribution in [2.45, 2.75) is 38.2 Å². The molecule has 0 radical (unpaired) electrons. The highest BCUT2D eigenvalue weighted by Crippen LogP contribution is 2.53. The molecule has 0 spiro atoms. The van der Waals surface area contributed by atoms with E-state index in [1.807, 2.05) is 6.92 Å². The Balaban J connectivity index is 2.15. The Hall–Kier alpha value is -0.730. The summed E-state index contributed by atoms with van der Waals surface area (Å²) in [4.78, 5) is 10.5. The minimum absolute atomic E-state index is 0.355. The van der Waals surface area contributed by atoms with Crippen molar-refractivity contribution >= 4 is 6.16 Å². The van der Waals surface area contributed by atoms with Gasteiger partial charge in [-0.15, -0.1) is 0 Å². The summed E-state index contributed by atoms with van der Waals surface area (Å²) in [6.07, 6.45) is 3.47. The third-order valence-corrected chi connectivity index (χ3v) is 3.66. The Kier molecular flexibility index (Phi) is 1.56. The molecule has 3 heteroatoms. The van der Waals surface area contributed by atoms with E-state index >= 15 is 0 Å². The SMILES string of the molecule is CC1(OC(=O)O)C2CCC1CC2. The van der Waals surface area contributed by atoms with Gasteiger partial charge in [-0.2, -0.15) is 0 Å². The Morgan fingerprint density at radius 1 is 1.33 bits per heavy atom. The maximum atomic E-state index is 10.5. The van der Waals surface area contributed by atoms with Gasteiger partial charge in [-0.3, -0.25) is 0 Å². The summed E-state index contributed by atoms with van der Waals surface area (Å²) in [5.74, 6) is 0.970. The molecule has 2 rings (SSSR count). The fourth-order valence-corrected chi connectivity index (χ4v) is 2.93. The molecule has 0 saturated heterocycles. The Labute approximate surface area is 71.7 Å². The molecule has 0 aromatic heterocycles. The van der Waals surface area contributed by atoms with Crippen molar-refractivity contribution in [1.82, 2.24) is 0 Å². The first kappa shape index (κ1) is 7.90. The summed E-state index contributed by atoms with van der Waals surface area (Å²) < 4.78 is 5.00. The monoisotopic (exact) mass is 170 g/mol. The molecule has 0 aliphatic heterocycles. The average Bonchev–Trinajstić information content (AvgIpc) is 2.43.